The minimum absolute atomic E-state index is 0.0666. The van der Waals surface area contributed by atoms with Crippen molar-refractivity contribution in [2.24, 2.45) is 0 Å². The first-order valence-electron chi connectivity index (χ1n) is 10.3. The average Bonchev–Trinajstić information content (AvgIpc) is 2.81. The highest BCUT2D eigenvalue weighted by molar-refractivity contribution is 8.00. The summed E-state index contributed by atoms with van der Waals surface area (Å²) in [4.78, 5) is 42.2. The fourth-order valence-electron chi connectivity index (χ4n) is 3.29. The molecule has 0 spiro atoms. The van der Waals surface area contributed by atoms with Crippen molar-refractivity contribution >= 4 is 51.6 Å². The third-order valence-electron chi connectivity index (χ3n) is 5.12. The van der Waals surface area contributed by atoms with Gasteiger partial charge in [-0.1, -0.05) is 35.5 Å². The molecule has 0 unspecified atom stereocenters. The van der Waals surface area contributed by atoms with Crippen LogP contribution < -0.4 is 10.9 Å². The standard InChI is InChI=1S/C25H19ClFN3O3S/c1-14(31)16-7-9-17(10-8-16)28-23(32)15(2)34-25-29-22-6-4-3-5-19(22)24(33)30(25)18-11-12-21(27)20(26)13-18/h3-13,15H,1-2H3,(H,28,32)/t15-/m1/s1. The van der Waals surface area contributed by atoms with Crippen LogP contribution in [0.25, 0.3) is 16.6 Å². The summed E-state index contributed by atoms with van der Waals surface area (Å²) in [5.74, 6) is -0.986. The molecule has 0 fully saturated rings. The third kappa shape index (κ3) is 4.88. The summed E-state index contributed by atoms with van der Waals surface area (Å²) in [6.07, 6.45) is 0. The highest BCUT2D eigenvalue weighted by Gasteiger charge is 2.21. The van der Waals surface area contributed by atoms with Crippen molar-refractivity contribution in [1.82, 2.24) is 9.55 Å². The second-order valence-corrected chi connectivity index (χ2v) is 9.25. The molecule has 1 heterocycles. The minimum atomic E-state index is -0.636. The molecule has 9 heteroatoms. The highest BCUT2D eigenvalue weighted by Crippen LogP contribution is 2.27. The molecule has 0 aliphatic rings. The molecule has 0 radical (unpaired) electrons. The summed E-state index contributed by atoms with van der Waals surface area (Å²) in [6.45, 7) is 3.16. The highest BCUT2D eigenvalue weighted by atomic mass is 35.5. The van der Waals surface area contributed by atoms with Crippen molar-refractivity contribution in [3.63, 3.8) is 0 Å². The Morgan fingerprint density at radius 2 is 1.79 bits per heavy atom. The monoisotopic (exact) mass is 495 g/mol. The van der Waals surface area contributed by atoms with Gasteiger partial charge in [0.15, 0.2) is 10.9 Å². The number of anilines is 1. The topological polar surface area (TPSA) is 81.1 Å². The van der Waals surface area contributed by atoms with Crippen LogP contribution in [0.1, 0.15) is 24.2 Å². The van der Waals surface area contributed by atoms with Crippen LogP contribution in [-0.2, 0) is 4.79 Å². The number of para-hydroxylation sites is 1. The molecule has 34 heavy (non-hydrogen) atoms. The molecule has 172 valence electrons. The predicted octanol–water partition coefficient (Wildman–Crippen LogP) is 5.50. The van der Waals surface area contributed by atoms with E-state index in [9.17, 15) is 18.8 Å². The Morgan fingerprint density at radius 3 is 2.47 bits per heavy atom. The number of ketones is 1. The number of aromatic nitrogens is 2. The van der Waals surface area contributed by atoms with E-state index >= 15 is 0 Å². The lowest BCUT2D eigenvalue weighted by Gasteiger charge is -2.17. The molecule has 3 aromatic carbocycles. The quantitative estimate of drug-likeness (QED) is 0.217. The Labute approximate surface area is 203 Å². The predicted molar refractivity (Wildman–Crippen MR) is 133 cm³/mol. The average molecular weight is 496 g/mol. The largest absolute Gasteiger partial charge is 0.325 e. The first-order chi connectivity index (χ1) is 16.2. The first kappa shape index (κ1) is 23.7. The van der Waals surface area contributed by atoms with E-state index in [-0.39, 0.29) is 27.4 Å². The molecule has 0 saturated heterocycles. The molecular weight excluding hydrogens is 477 g/mol. The summed E-state index contributed by atoms with van der Waals surface area (Å²) in [5.41, 5.74) is 1.54. The maximum absolute atomic E-state index is 13.7. The Hall–Kier alpha value is -3.49. The van der Waals surface area contributed by atoms with Crippen LogP contribution in [0.4, 0.5) is 10.1 Å². The number of carbonyl (C=O) groups is 2. The van der Waals surface area contributed by atoms with Crippen molar-refractivity contribution in [3.8, 4) is 5.69 Å². The summed E-state index contributed by atoms with van der Waals surface area (Å²) in [5, 5.41) is 2.68. The van der Waals surface area contributed by atoms with Crippen LogP contribution in [-0.4, -0.2) is 26.5 Å². The van der Waals surface area contributed by atoms with Crippen molar-refractivity contribution in [3.05, 3.63) is 93.5 Å². The molecule has 0 saturated carbocycles. The van der Waals surface area contributed by atoms with Crippen molar-refractivity contribution in [1.29, 1.82) is 0 Å². The van der Waals surface area contributed by atoms with E-state index in [1.165, 1.54) is 29.7 Å². The molecule has 0 bridgehead atoms. The van der Waals surface area contributed by atoms with Crippen molar-refractivity contribution in [2.45, 2.75) is 24.3 Å². The number of amides is 1. The summed E-state index contributed by atoms with van der Waals surface area (Å²) < 4.78 is 15.1. The number of halogens is 2. The van der Waals surface area contributed by atoms with Gasteiger partial charge in [0.2, 0.25) is 5.91 Å². The zero-order valence-corrected chi connectivity index (χ0v) is 19.8. The van der Waals surface area contributed by atoms with Crippen molar-refractivity contribution in [2.75, 3.05) is 5.32 Å². The van der Waals surface area contributed by atoms with E-state index in [1.54, 1.807) is 55.5 Å². The Bertz CT molecular complexity index is 1470. The van der Waals surface area contributed by atoms with Gasteiger partial charge < -0.3 is 5.32 Å². The minimum Gasteiger partial charge on any atom is -0.325 e. The SMILES string of the molecule is CC(=O)c1ccc(NC(=O)[C@@H](C)Sc2nc3ccccc3c(=O)n2-c2ccc(F)c(Cl)c2)cc1. The van der Waals surface area contributed by atoms with Gasteiger partial charge in [0.05, 0.1) is 26.9 Å². The van der Waals surface area contributed by atoms with Gasteiger partial charge in [-0.3, -0.25) is 19.0 Å². The van der Waals surface area contributed by atoms with Gasteiger partial charge in [-0.05, 0) is 68.4 Å². The molecule has 1 atom stereocenters. The van der Waals surface area contributed by atoms with Crippen LogP contribution in [0.3, 0.4) is 0 Å². The second-order valence-electron chi connectivity index (χ2n) is 7.53. The lowest BCUT2D eigenvalue weighted by atomic mass is 10.1. The third-order valence-corrected chi connectivity index (χ3v) is 6.46. The van der Waals surface area contributed by atoms with Crippen LogP contribution in [0, 0.1) is 5.82 Å². The zero-order valence-electron chi connectivity index (χ0n) is 18.2. The van der Waals surface area contributed by atoms with E-state index in [0.29, 0.717) is 27.8 Å². The van der Waals surface area contributed by atoms with Crippen LogP contribution >= 0.6 is 23.4 Å². The van der Waals surface area contributed by atoms with E-state index < -0.39 is 11.1 Å². The lowest BCUT2D eigenvalue weighted by molar-refractivity contribution is -0.115. The number of Topliss-reactive ketones (excluding diaryl/α,β-unsaturated/α-hetero) is 1. The molecule has 1 amide bonds. The maximum Gasteiger partial charge on any atom is 0.266 e. The molecule has 4 aromatic rings. The fraction of sp³-hybridized carbons (Fsp3) is 0.120. The number of rotatable bonds is 6. The number of nitrogens with zero attached hydrogens (tertiary/aromatic N) is 2. The molecule has 4 rings (SSSR count). The Balaban J connectivity index is 1.68. The van der Waals surface area contributed by atoms with E-state index in [0.717, 1.165) is 11.8 Å². The van der Waals surface area contributed by atoms with E-state index in [4.69, 9.17) is 11.6 Å². The van der Waals surface area contributed by atoms with Crippen LogP contribution in [0.2, 0.25) is 5.02 Å². The Kier molecular flexibility index (Phi) is 6.81. The molecular formula is C25H19ClFN3O3S. The molecule has 6 nitrogen and oxygen atoms in total. The maximum atomic E-state index is 13.7. The number of hydrogen-bond acceptors (Lipinski definition) is 5. The summed E-state index contributed by atoms with van der Waals surface area (Å²) in [6, 6.07) is 17.4. The molecule has 0 aliphatic carbocycles. The Morgan fingerprint density at radius 1 is 1.09 bits per heavy atom. The van der Waals surface area contributed by atoms with E-state index in [1.807, 2.05) is 0 Å². The summed E-state index contributed by atoms with van der Waals surface area (Å²) in [7, 11) is 0. The van der Waals surface area contributed by atoms with Gasteiger partial charge >= 0.3 is 0 Å². The number of thioether (sulfide) groups is 1. The number of benzene rings is 3. The number of fused-ring (bicyclic) bond motifs is 1. The number of hydrogen-bond donors (Lipinski definition) is 1. The smallest absolute Gasteiger partial charge is 0.266 e. The van der Waals surface area contributed by atoms with Gasteiger partial charge in [0.25, 0.3) is 5.56 Å². The van der Waals surface area contributed by atoms with Gasteiger partial charge in [-0.15, -0.1) is 0 Å². The van der Waals surface area contributed by atoms with Gasteiger partial charge in [-0.2, -0.15) is 0 Å². The molecule has 0 aliphatic heterocycles. The summed E-state index contributed by atoms with van der Waals surface area (Å²) >= 11 is 7.05. The normalized spacial score (nSPS) is 11.9. The van der Waals surface area contributed by atoms with Crippen LogP contribution in [0.15, 0.2) is 76.7 Å². The second kappa shape index (κ2) is 9.79. The molecule has 1 N–H and O–H groups in total. The van der Waals surface area contributed by atoms with E-state index in [2.05, 4.69) is 10.3 Å². The van der Waals surface area contributed by atoms with Gasteiger partial charge in [-0.25, -0.2) is 9.37 Å². The number of nitrogens with one attached hydrogen (secondary N) is 1. The first-order valence-corrected chi connectivity index (χ1v) is 11.6. The van der Waals surface area contributed by atoms with Crippen molar-refractivity contribution < 1.29 is 14.0 Å². The number of carbonyl (C=O) groups excluding carboxylic acids is 2. The van der Waals surface area contributed by atoms with Gasteiger partial charge in [0.1, 0.15) is 5.82 Å². The zero-order chi connectivity index (χ0) is 24.4. The fourth-order valence-corrected chi connectivity index (χ4v) is 4.39. The lowest BCUT2D eigenvalue weighted by Crippen LogP contribution is -2.26. The van der Waals surface area contributed by atoms with Crippen LogP contribution in [0.5, 0.6) is 0 Å². The van der Waals surface area contributed by atoms with Gasteiger partial charge in [0, 0.05) is 11.3 Å². The molecule has 1 aromatic heterocycles.